The number of rotatable bonds is 4. The zero-order chi connectivity index (χ0) is 17.0. The molecule has 1 aromatic heterocycles. The second-order valence-corrected chi connectivity index (χ2v) is 3.46. The van der Waals surface area contributed by atoms with Crippen molar-refractivity contribution in [2.24, 2.45) is 11.8 Å². The Morgan fingerprint density at radius 1 is 0.857 bits per heavy atom. The van der Waals surface area contributed by atoms with Crippen LogP contribution in [0.2, 0.25) is 0 Å². The van der Waals surface area contributed by atoms with E-state index < -0.39 is 35.7 Å². The molecule has 11 nitrogen and oxygen atoms in total. The molecule has 0 aliphatic heterocycles. The van der Waals surface area contributed by atoms with Crippen LogP contribution in [0.25, 0.3) is 0 Å². The first-order valence-electron chi connectivity index (χ1n) is 5.32. The van der Waals surface area contributed by atoms with Crippen molar-refractivity contribution in [2.75, 3.05) is 0 Å². The molecule has 0 bridgehead atoms. The molecule has 1 aromatic rings. The molecule has 0 aromatic carbocycles. The molecular weight excluding hydrogens is 290 g/mol. The van der Waals surface area contributed by atoms with E-state index in [1.807, 2.05) is 0 Å². The van der Waals surface area contributed by atoms with Crippen molar-refractivity contribution in [3.05, 3.63) is 12.4 Å². The highest BCUT2D eigenvalue weighted by atomic mass is 16.4. The molecule has 118 valence electrons. The smallest absolute Gasteiger partial charge is 0.317 e. The minimum atomic E-state index is -1.31. The van der Waals surface area contributed by atoms with Gasteiger partial charge in [-0.2, -0.15) is 0 Å². The number of hydrogen-bond acceptors (Lipinski definition) is 6. The molecule has 0 radical (unpaired) electrons. The monoisotopic (exact) mass is 305 g/mol. The zero-order valence-corrected chi connectivity index (χ0v) is 11.1. The minimum absolute atomic E-state index is 1.12. The Balaban J connectivity index is 0. The SMILES string of the molecule is CC(C(=O)O)C(=O)O.CC(C(=O)O)C(=O)O.c1c[nH]nn1. The molecule has 0 spiro atoms. The number of aliphatic carboxylic acids is 4. The van der Waals surface area contributed by atoms with E-state index in [2.05, 4.69) is 15.4 Å². The van der Waals surface area contributed by atoms with Gasteiger partial charge in [-0.3, -0.25) is 24.3 Å². The van der Waals surface area contributed by atoms with E-state index in [0.717, 1.165) is 13.8 Å². The van der Waals surface area contributed by atoms with Crippen molar-refractivity contribution in [3.8, 4) is 0 Å². The molecule has 0 saturated carbocycles. The number of aromatic nitrogens is 3. The highest BCUT2D eigenvalue weighted by Crippen LogP contribution is 1.92. The fourth-order valence-corrected chi connectivity index (χ4v) is 0.378. The number of carboxylic acid groups (broad SMARTS) is 4. The van der Waals surface area contributed by atoms with Crippen LogP contribution >= 0.6 is 0 Å². The van der Waals surface area contributed by atoms with E-state index in [0.29, 0.717) is 0 Å². The second kappa shape index (κ2) is 10.9. The maximum absolute atomic E-state index is 9.76. The third-order valence-electron chi connectivity index (χ3n) is 1.81. The van der Waals surface area contributed by atoms with Gasteiger partial charge in [0.25, 0.3) is 0 Å². The molecule has 0 aliphatic rings. The molecule has 0 fully saturated rings. The van der Waals surface area contributed by atoms with Gasteiger partial charge < -0.3 is 20.4 Å². The number of carboxylic acids is 4. The van der Waals surface area contributed by atoms with Crippen LogP contribution in [0, 0.1) is 11.8 Å². The molecule has 5 N–H and O–H groups in total. The predicted octanol–water partition coefficient (Wildman–Crippen LogP) is -0.612. The number of nitrogens with one attached hydrogen (secondary N) is 1. The summed E-state index contributed by atoms with van der Waals surface area (Å²) in [5.41, 5.74) is 0. The number of carbonyl (C=O) groups is 4. The summed E-state index contributed by atoms with van der Waals surface area (Å²) in [6, 6.07) is 0. The van der Waals surface area contributed by atoms with Crippen LogP contribution in [0.5, 0.6) is 0 Å². The van der Waals surface area contributed by atoms with E-state index in [1.165, 1.54) is 0 Å². The van der Waals surface area contributed by atoms with Gasteiger partial charge in [-0.05, 0) is 13.8 Å². The van der Waals surface area contributed by atoms with Gasteiger partial charge in [-0.25, -0.2) is 0 Å². The summed E-state index contributed by atoms with van der Waals surface area (Å²) in [6.07, 6.45) is 3.24. The highest BCUT2D eigenvalue weighted by molar-refractivity contribution is 5.92. The Hall–Kier alpha value is -2.98. The Bertz CT molecular complexity index is 384. The Kier molecular flexibility index (Phi) is 10.6. The summed E-state index contributed by atoms with van der Waals surface area (Å²) in [4.78, 5) is 39.0. The van der Waals surface area contributed by atoms with E-state index in [4.69, 9.17) is 20.4 Å². The van der Waals surface area contributed by atoms with Crippen LogP contribution in [-0.4, -0.2) is 59.7 Å². The average molecular weight is 305 g/mol. The lowest BCUT2D eigenvalue weighted by atomic mass is 10.2. The van der Waals surface area contributed by atoms with Gasteiger partial charge in [-0.1, -0.05) is 5.21 Å². The molecule has 0 amide bonds. The van der Waals surface area contributed by atoms with Gasteiger partial charge in [0.15, 0.2) is 11.8 Å². The van der Waals surface area contributed by atoms with Crippen molar-refractivity contribution >= 4 is 23.9 Å². The molecule has 21 heavy (non-hydrogen) atoms. The molecule has 1 heterocycles. The quantitative estimate of drug-likeness (QED) is 0.448. The largest absolute Gasteiger partial charge is 0.481 e. The molecule has 0 aliphatic carbocycles. The molecule has 0 saturated heterocycles. The Morgan fingerprint density at radius 3 is 1.24 bits per heavy atom. The first-order valence-corrected chi connectivity index (χ1v) is 5.32. The van der Waals surface area contributed by atoms with Crippen LogP contribution in [0.4, 0.5) is 0 Å². The Labute approximate surface area is 118 Å². The van der Waals surface area contributed by atoms with Gasteiger partial charge >= 0.3 is 23.9 Å². The van der Waals surface area contributed by atoms with Crippen molar-refractivity contribution in [2.45, 2.75) is 13.8 Å². The van der Waals surface area contributed by atoms with E-state index in [1.54, 1.807) is 12.4 Å². The Morgan fingerprint density at radius 2 is 1.19 bits per heavy atom. The van der Waals surface area contributed by atoms with E-state index in [9.17, 15) is 19.2 Å². The fraction of sp³-hybridized carbons (Fsp3) is 0.400. The van der Waals surface area contributed by atoms with E-state index in [-0.39, 0.29) is 0 Å². The van der Waals surface area contributed by atoms with Crippen LogP contribution < -0.4 is 0 Å². The minimum Gasteiger partial charge on any atom is -0.481 e. The predicted molar refractivity (Wildman–Crippen MR) is 65.3 cm³/mol. The summed E-state index contributed by atoms with van der Waals surface area (Å²) >= 11 is 0. The van der Waals surface area contributed by atoms with E-state index >= 15 is 0 Å². The number of H-pyrrole nitrogens is 1. The van der Waals surface area contributed by atoms with Gasteiger partial charge in [0, 0.05) is 6.20 Å². The molecular formula is C10H15N3O8. The lowest BCUT2D eigenvalue weighted by molar-refractivity contribution is -0.155. The van der Waals surface area contributed by atoms with Crippen molar-refractivity contribution in [1.29, 1.82) is 0 Å². The standard InChI is InChI=1S/2C4H6O4.C2H3N3/c2*1-2(3(5)6)4(7)8;1-2-4-5-3-1/h2*2H,1H3,(H,5,6)(H,7,8);1-2H,(H,3,4,5). The lowest BCUT2D eigenvalue weighted by Gasteiger charge is -1.94. The summed E-state index contributed by atoms with van der Waals surface area (Å²) in [7, 11) is 0. The van der Waals surface area contributed by atoms with Crippen LogP contribution in [0.15, 0.2) is 12.4 Å². The van der Waals surface area contributed by atoms with Crippen LogP contribution in [-0.2, 0) is 19.2 Å². The lowest BCUT2D eigenvalue weighted by Crippen LogP contribution is -2.19. The van der Waals surface area contributed by atoms with Gasteiger partial charge in [0.2, 0.25) is 0 Å². The van der Waals surface area contributed by atoms with Crippen LogP contribution in [0.3, 0.4) is 0 Å². The fourth-order valence-electron chi connectivity index (χ4n) is 0.378. The average Bonchev–Trinajstić information content (AvgIpc) is 2.96. The molecule has 0 atom stereocenters. The summed E-state index contributed by atoms with van der Waals surface area (Å²) < 4.78 is 0. The summed E-state index contributed by atoms with van der Waals surface area (Å²) in [6.45, 7) is 2.23. The number of hydrogen-bond donors (Lipinski definition) is 5. The van der Waals surface area contributed by atoms with Crippen LogP contribution in [0.1, 0.15) is 13.8 Å². The maximum atomic E-state index is 9.76. The van der Waals surface area contributed by atoms with Crippen molar-refractivity contribution < 1.29 is 39.6 Å². The normalized spacial score (nSPS) is 8.95. The van der Waals surface area contributed by atoms with Crippen molar-refractivity contribution in [1.82, 2.24) is 15.4 Å². The summed E-state index contributed by atoms with van der Waals surface area (Å²) in [5.74, 6) is -7.82. The second-order valence-electron chi connectivity index (χ2n) is 3.46. The highest BCUT2D eigenvalue weighted by Gasteiger charge is 2.18. The molecule has 0 unspecified atom stereocenters. The van der Waals surface area contributed by atoms with Gasteiger partial charge in [0.05, 0.1) is 6.20 Å². The number of nitrogens with zero attached hydrogens (tertiary/aromatic N) is 2. The van der Waals surface area contributed by atoms with Gasteiger partial charge in [-0.15, -0.1) is 5.10 Å². The summed E-state index contributed by atoms with van der Waals surface area (Å²) in [5, 5.41) is 41.2. The topological polar surface area (TPSA) is 191 Å². The first-order chi connectivity index (χ1) is 9.61. The van der Waals surface area contributed by atoms with Gasteiger partial charge in [0.1, 0.15) is 0 Å². The molecule has 1 rings (SSSR count). The third-order valence-corrected chi connectivity index (χ3v) is 1.81. The number of aromatic amines is 1. The molecule has 11 heteroatoms. The zero-order valence-electron chi connectivity index (χ0n) is 11.1. The third kappa shape index (κ3) is 11.8. The van der Waals surface area contributed by atoms with Crippen molar-refractivity contribution in [3.63, 3.8) is 0 Å². The first kappa shape index (κ1) is 20.3. The maximum Gasteiger partial charge on any atom is 0.317 e.